The van der Waals surface area contributed by atoms with Crippen LogP contribution >= 0.6 is 0 Å². The molecule has 2 N–H and O–H groups in total. The molecule has 0 aliphatic heterocycles. The van der Waals surface area contributed by atoms with Crippen molar-refractivity contribution in [2.45, 2.75) is 65.0 Å². The average molecular weight is 212 g/mol. The van der Waals surface area contributed by atoms with Gasteiger partial charge >= 0.3 is 0 Å². The molecule has 90 valence electrons. The Balaban J connectivity index is 2.36. The lowest BCUT2D eigenvalue weighted by atomic mass is 9.78. The first-order valence-electron chi connectivity index (χ1n) is 6.66. The summed E-state index contributed by atoms with van der Waals surface area (Å²) < 4.78 is 0. The van der Waals surface area contributed by atoms with E-state index in [2.05, 4.69) is 25.7 Å². The van der Waals surface area contributed by atoms with Crippen LogP contribution in [0.2, 0.25) is 0 Å². The summed E-state index contributed by atoms with van der Waals surface area (Å²) in [5, 5.41) is 0. The summed E-state index contributed by atoms with van der Waals surface area (Å²) in [6, 6.07) is 1.47. The van der Waals surface area contributed by atoms with Crippen molar-refractivity contribution >= 4 is 0 Å². The van der Waals surface area contributed by atoms with Gasteiger partial charge in [0.15, 0.2) is 0 Å². The number of hydrogen-bond acceptors (Lipinski definition) is 2. The molecule has 2 atom stereocenters. The zero-order valence-electron chi connectivity index (χ0n) is 10.7. The Kier molecular flexibility index (Phi) is 5.62. The largest absolute Gasteiger partial charge is 0.330 e. The minimum absolute atomic E-state index is 0.682. The fourth-order valence-corrected chi connectivity index (χ4v) is 2.61. The normalized spacial score (nSPS) is 26.0. The third kappa shape index (κ3) is 3.46. The maximum absolute atomic E-state index is 5.79. The van der Waals surface area contributed by atoms with Crippen LogP contribution in [0.5, 0.6) is 0 Å². The van der Waals surface area contributed by atoms with Gasteiger partial charge in [0.25, 0.3) is 0 Å². The van der Waals surface area contributed by atoms with E-state index in [0.717, 1.165) is 18.5 Å². The lowest BCUT2D eigenvalue weighted by molar-refractivity contribution is 0.0405. The molecule has 0 amide bonds. The Morgan fingerprint density at radius 1 is 1.27 bits per heavy atom. The van der Waals surface area contributed by atoms with E-state index in [1.165, 1.54) is 38.6 Å². The van der Waals surface area contributed by atoms with E-state index in [9.17, 15) is 0 Å². The van der Waals surface area contributed by atoms with E-state index in [0.29, 0.717) is 6.04 Å². The quantitative estimate of drug-likeness (QED) is 0.657. The Morgan fingerprint density at radius 2 is 2.00 bits per heavy atom. The van der Waals surface area contributed by atoms with Crippen LogP contribution in [0.15, 0.2) is 0 Å². The number of hydrogen-bond donors (Lipinski definition) is 1. The fraction of sp³-hybridized carbons (Fsp3) is 1.00. The maximum atomic E-state index is 5.79. The van der Waals surface area contributed by atoms with Gasteiger partial charge < -0.3 is 5.73 Å². The molecule has 2 heteroatoms. The number of nitrogens with two attached hydrogens (primary N) is 1. The summed E-state index contributed by atoms with van der Waals surface area (Å²) in [6.07, 6.45) is 6.74. The van der Waals surface area contributed by atoms with Gasteiger partial charge in [0.2, 0.25) is 0 Å². The highest BCUT2D eigenvalue weighted by molar-refractivity contribution is 4.90. The monoisotopic (exact) mass is 212 g/mol. The zero-order chi connectivity index (χ0) is 11.3. The molecule has 0 aromatic rings. The number of nitrogens with zero attached hydrogens (tertiary/aromatic N) is 1. The van der Waals surface area contributed by atoms with E-state index in [1.807, 2.05) is 0 Å². The van der Waals surface area contributed by atoms with Crippen LogP contribution in [0.4, 0.5) is 0 Å². The van der Waals surface area contributed by atoms with Crippen LogP contribution in [0.3, 0.4) is 0 Å². The van der Waals surface area contributed by atoms with Gasteiger partial charge in [0, 0.05) is 12.1 Å². The van der Waals surface area contributed by atoms with E-state index < -0.39 is 0 Å². The van der Waals surface area contributed by atoms with Gasteiger partial charge in [0.05, 0.1) is 0 Å². The van der Waals surface area contributed by atoms with Gasteiger partial charge in [-0.25, -0.2) is 0 Å². The van der Waals surface area contributed by atoms with Crippen LogP contribution < -0.4 is 5.73 Å². The van der Waals surface area contributed by atoms with Crippen LogP contribution in [0.25, 0.3) is 0 Å². The molecular formula is C13H28N2. The molecule has 0 aromatic carbocycles. The van der Waals surface area contributed by atoms with Crippen molar-refractivity contribution in [3.05, 3.63) is 0 Å². The highest BCUT2D eigenvalue weighted by Crippen LogP contribution is 2.32. The van der Waals surface area contributed by atoms with Gasteiger partial charge in [-0.1, -0.05) is 19.8 Å². The second-order valence-electron chi connectivity index (χ2n) is 5.18. The van der Waals surface area contributed by atoms with Gasteiger partial charge in [0.1, 0.15) is 0 Å². The number of unbranched alkanes of at least 4 members (excludes halogenated alkanes) is 2. The van der Waals surface area contributed by atoms with E-state index in [-0.39, 0.29) is 0 Å². The van der Waals surface area contributed by atoms with E-state index in [1.54, 1.807) is 0 Å². The topological polar surface area (TPSA) is 29.3 Å². The minimum atomic E-state index is 0.682. The van der Waals surface area contributed by atoms with Crippen molar-refractivity contribution in [2.75, 3.05) is 13.1 Å². The third-order valence-electron chi connectivity index (χ3n) is 3.79. The standard InChI is InChI=1S/C13H28N2/c1-4-5-6-9-15(11(2)3)13-8-7-12(13)10-14/h11-13H,4-10,14H2,1-3H3. The Labute approximate surface area is 95.2 Å². The van der Waals surface area contributed by atoms with Gasteiger partial charge in [-0.05, 0) is 52.1 Å². The van der Waals surface area contributed by atoms with Crippen molar-refractivity contribution in [3.8, 4) is 0 Å². The molecule has 0 radical (unpaired) electrons. The fourth-order valence-electron chi connectivity index (χ4n) is 2.61. The van der Waals surface area contributed by atoms with Crippen LogP contribution in [-0.4, -0.2) is 30.1 Å². The van der Waals surface area contributed by atoms with Crippen LogP contribution in [0, 0.1) is 5.92 Å². The first-order valence-corrected chi connectivity index (χ1v) is 6.66. The third-order valence-corrected chi connectivity index (χ3v) is 3.79. The molecule has 15 heavy (non-hydrogen) atoms. The predicted octanol–water partition coefficient (Wildman–Crippen LogP) is 2.62. The second-order valence-corrected chi connectivity index (χ2v) is 5.18. The van der Waals surface area contributed by atoms with Crippen molar-refractivity contribution in [2.24, 2.45) is 11.7 Å². The van der Waals surface area contributed by atoms with Gasteiger partial charge in [-0.15, -0.1) is 0 Å². The van der Waals surface area contributed by atoms with E-state index >= 15 is 0 Å². The smallest absolute Gasteiger partial charge is 0.0138 e. The SMILES string of the molecule is CCCCCN(C(C)C)C1CCC1CN. The summed E-state index contributed by atoms with van der Waals surface area (Å²) in [5.74, 6) is 0.772. The molecule has 1 fully saturated rings. The molecule has 0 spiro atoms. The Hall–Kier alpha value is -0.0800. The van der Waals surface area contributed by atoms with Gasteiger partial charge in [-0.3, -0.25) is 4.90 Å². The summed E-state index contributed by atoms with van der Waals surface area (Å²) in [6.45, 7) is 9.05. The first kappa shape index (κ1) is 13.0. The van der Waals surface area contributed by atoms with Gasteiger partial charge in [-0.2, -0.15) is 0 Å². The predicted molar refractivity (Wildman–Crippen MR) is 66.9 cm³/mol. The zero-order valence-corrected chi connectivity index (χ0v) is 10.7. The highest BCUT2D eigenvalue weighted by atomic mass is 15.2. The molecule has 2 nitrogen and oxygen atoms in total. The molecule has 0 heterocycles. The summed E-state index contributed by atoms with van der Waals surface area (Å²) in [7, 11) is 0. The Morgan fingerprint density at radius 3 is 2.40 bits per heavy atom. The summed E-state index contributed by atoms with van der Waals surface area (Å²) >= 11 is 0. The number of rotatable bonds is 7. The minimum Gasteiger partial charge on any atom is -0.330 e. The van der Waals surface area contributed by atoms with Crippen molar-refractivity contribution in [3.63, 3.8) is 0 Å². The lowest BCUT2D eigenvalue weighted by Crippen LogP contribution is -2.52. The molecule has 1 saturated carbocycles. The average Bonchev–Trinajstić information content (AvgIpc) is 2.15. The van der Waals surface area contributed by atoms with Crippen molar-refractivity contribution in [1.29, 1.82) is 0 Å². The maximum Gasteiger partial charge on any atom is 0.0138 e. The molecule has 2 unspecified atom stereocenters. The van der Waals surface area contributed by atoms with Crippen LogP contribution in [0.1, 0.15) is 52.9 Å². The van der Waals surface area contributed by atoms with E-state index in [4.69, 9.17) is 5.73 Å². The summed E-state index contributed by atoms with van der Waals surface area (Å²) in [5.41, 5.74) is 5.79. The molecule has 1 aliphatic carbocycles. The second kappa shape index (κ2) is 6.49. The molecule has 1 aliphatic rings. The molecule has 0 bridgehead atoms. The van der Waals surface area contributed by atoms with Crippen molar-refractivity contribution < 1.29 is 0 Å². The Bertz CT molecular complexity index is 166. The van der Waals surface area contributed by atoms with Crippen LogP contribution in [-0.2, 0) is 0 Å². The summed E-state index contributed by atoms with van der Waals surface area (Å²) in [4.78, 5) is 2.68. The van der Waals surface area contributed by atoms with Crippen molar-refractivity contribution in [1.82, 2.24) is 4.90 Å². The molecule has 1 rings (SSSR count). The highest BCUT2D eigenvalue weighted by Gasteiger charge is 2.34. The molecular weight excluding hydrogens is 184 g/mol. The molecule has 0 aromatic heterocycles. The molecule has 0 saturated heterocycles. The first-order chi connectivity index (χ1) is 7.20. The lowest BCUT2D eigenvalue weighted by Gasteiger charge is -2.46.